The Hall–Kier alpha value is 1.34. The second-order valence-electron chi connectivity index (χ2n) is 23.8. The highest BCUT2D eigenvalue weighted by Gasteiger charge is 2.22. The van der Waals surface area contributed by atoms with Gasteiger partial charge in [-0.2, -0.15) is 0 Å². The Morgan fingerprint density at radius 2 is 0.523 bits per heavy atom. The molecule has 0 aliphatic heterocycles. The van der Waals surface area contributed by atoms with Gasteiger partial charge in [-0.25, -0.2) is 0 Å². The molecule has 0 aliphatic carbocycles. The maximum absolute atomic E-state index is 6.93. The number of ether oxygens (including phenoxy) is 3. The van der Waals surface area contributed by atoms with Crippen LogP contribution in [0, 0.1) is 59.2 Å². The summed E-state index contributed by atoms with van der Waals surface area (Å²) >= 11 is 5.19. The average Bonchev–Trinajstić information content (AvgIpc) is 3.18. The molecule has 0 heterocycles. The van der Waals surface area contributed by atoms with Crippen molar-refractivity contribution in [3.05, 3.63) is 0 Å². The summed E-state index contributed by atoms with van der Waals surface area (Å²) in [5, 5.41) is 0. The molecule has 0 rings (SSSR count). The molecular formula is C60H120I2O3. The van der Waals surface area contributed by atoms with Gasteiger partial charge < -0.3 is 14.2 Å². The van der Waals surface area contributed by atoms with Crippen molar-refractivity contribution in [2.24, 2.45) is 59.2 Å². The van der Waals surface area contributed by atoms with Crippen LogP contribution in [0.1, 0.15) is 290 Å². The summed E-state index contributed by atoms with van der Waals surface area (Å²) in [5.41, 5.74) is 0. The molecule has 3 nitrogen and oxygen atoms in total. The molecule has 14 atom stereocenters. The number of hydrogen-bond acceptors (Lipinski definition) is 3. The van der Waals surface area contributed by atoms with Crippen LogP contribution in [0.4, 0.5) is 0 Å². The molecule has 0 bridgehead atoms. The van der Waals surface area contributed by atoms with Gasteiger partial charge in [-0.3, -0.25) is 0 Å². The van der Waals surface area contributed by atoms with Gasteiger partial charge in [0.1, 0.15) is 0 Å². The highest BCUT2D eigenvalue weighted by molar-refractivity contribution is 14.1. The third-order valence-electron chi connectivity index (χ3n) is 14.6. The number of unbranched alkanes of at least 4 members (excludes halogenated alkanes) is 12. The molecule has 5 heteroatoms. The first-order valence-corrected chi connectivity index (χ1v) is 31.6. The van der Waals surface area contributed by atoms with Crippen molar-refractivity contribution in [3.8, 4) is 0 Å². The van der Waals surface area contributed by atoms with Gasteiger partial charge in [0.2, 0.25) is 0 Å². The Morgan fingerprint density at radius 3 is 0.800 bits per heavy atom. The lowest BCUT2D eigenvalue weighted by Gasteiger charge is -2.27. The Labute approximate surface area is 438 Å². The van der Waals surface area contributed by atoms with Crippen LogP contribution in [-0.4, -0.2) is 33.6 Å². The van der Waals surface area contributed by atoms with E-state index in [1.54, 1.807) is 0 Å². The Balaban J connectivity index is 5.38. The van der Waals surface area contributed by atoms with E-state index in [1.165, 1.54) is 167 Å². The van der Waals surface area contributed by atoms with Crippen molar-refractivity contribution in [2.45, 2.75) is 310 Å². The SMILES string of the molecule is CCCCCCCCCOC(CCCC(C)CC(C)CC(C)CC(C)CC(C)CC(C)I)OC(CCCC(C)CC(C)CC(C)CC(C)CC(C)CC(C)I)OCCCCCCCCC. The largest absolute Gasteiger partial charge is 0.353 e. The predicted octanol–water partition coefficient (Wildman–Crippen LogP) is 21.4. The van der Waals surface area contributed by atoms with Crippen molar-refractivity contribution in [1.29, 1.82) is 0 Å². The summed E-state index contributed by atoms with van der Waals surface area (Å²) < 4.78 is 21.8. The van der Waals surface area contributed by atoms with E-state index >= 15 is 0 Å². The van der Waals surface area contributed by atoms with E-state index < -0.39 is 0 Å². The van der Waals surface area contributed by atoms with Crippen LogP contribution in [0.5, 0.6) is 0 Å². The lowest BCUT2D eigenvalue weighted by molar-refractivity contribution is -0.250. The number of hydrogen-bond donors (Lipinski definition) is 0. The zero-order valence-electron chi connectivity index (χ0n) is 46.7. The average molecular weight is 1140 g/mol. The lowest BCUT2D eigenvalue weighted by Crippen LogP contribution is -2.28. The van der Waals surface area contributed by atoms with Gasteiger partial charge in [0.05, 0.1) is 0 Å². The smallest absolute Gasteiger partial charge is 0.160 e. The fourth-order valence-electron chi connectivity index (χ4n) is 12.0. The molecule has 0 aromatic heterocycles. The summed E-state index contributed by atoms with van der Waals surface area (Å²) in [6, 6.07) is 0. The van der Waals surface area contributed by atoms with Crippen LogP contribution in [-0.2, 0) is 14.2 Å². The molecule has 14 unspecified atom stereocenters. The van der Waals surface area contributed by atoms with Gasteiger partial charge in [0.15, 0.2) is 12.6 Å². The first-order valence-electron chi connectivity index (χ1n) is 29.1. The molecule has 0 saturated carbocycles. The van der Waals surface area contributed by atoms with Crippen LogP contribution in [0.2, 0.25) is 0 Å². The number of rotatable bonds is 48. The molecule has 0 saturated heterocycles. The van der Waals surface area contributed by atoms with E-state index in [4.69, 9.17) is 14.2 Å². The van der Waals surface area contributed by atoms with Gasteiger partial charge in [-0.1, -0.05) is 232 Å². The van der Waals surface area contributed by atoms with Crippen molar-refractivity contribution in [2.75, 3.05) is 13.2 Å². The third-order valence-corrected chi connectivity index (χ3v) is 15.6. The molecule has 0 radical (unpaired) electrons. The minimum atomic E-state index is -0.160. The zero-order valence-corrected chi connectivity index (χ0v) is 51.0. The molecule has 0 N–H and O–H groups in total. The second-order valence-corrected chi connectivity index (χ2v) is 28.1. The minimum Gasteiger partial charge on any atom is -0.353 e. The highest BCUT2D eigenvalue weighted by Crippen LogP contribution is 2.32. The van der Waals surface area contributed by atoms with E-state index in [1.807, 2.05) is 0 Å². The van der Waals surface area contributed by atoms with Gasteiger partial charge in [0, 0.05) is 21.1 Å². The molecule has 65 heavy (non-hydrogen) atoms. The lowest BCUT2D eigenvalue weighted by atomic mass is 9.82. The van der Waals surface area contributed by atoms with Crippen LogP contribution in [0.15, 0.2) is 0 Å². The van der Waals surface area contributed by atoms with Gasteiger partial charge in [-0.15, -0.1) is 0 Å². The second kappa shape index (κ2) is 44.1. The highest BCUT2D eigenvalue weighted by atomic mass is 127. The molecule has 0 fully saturated rings. The number of halogens is 2. The van der Waals surface area contributed by atoms with Crippen molar-refractivity contribution >= 4 is 45.2 Å². The van der Waals surface area contributed by atoms with Crippen LogP contribution in [0.3, 0.4) is 0 Å². The summed E-state index contributed by atoms with van der Waals surface area (Å²) in [6.07, 6.45) is 38.4. The predicted molar refractivity (Wildman–Crippen MR) is 309 cm³/mol. The zero-order chi connectivity index (χ0) is 48.8. The van der Waals surface area contributed by atoms with Crippen molar-refractivity contribution < 1.29 is 14.2 Å². The van der Waals surface area contributed by atoms with Gasteiger partial charge in [-0.05, 0) is 162 Å². The maximum atomic E-state index is 6.93. The molecule has 392 valence electrons. The van der Waals surface area contributed by atoms with E-state index in [0.717, 1.165) is 106 Å². The Kier molecular flexibility index (Phi) is 45.0. The topological polar surface area (TPSA) is 27.7 Å². The van der Waals surface area contributed by atoms with E-state index in [2.05, 4.69) is 142 Å². The summed E-state index contributed by atoms with van der Waals surface area (Å²) in [4.78, 5) is 0. The Morgan fingerprint density at radius 1 is 0.277 bits per heavy atom. The monoisotopic (exact) mass is 1140 g/mol. The molecule has 0 aliphatic rings. The van der Waals surface area contributed by atoms with Crippen molar-refractivity contribution in [3.63, 3.8) is 0 Å². The van der Waals surface area contributed by atoms with Crippen LogP contribution >= 0.6 is 45.2 Å². The Bertz CT molecular complexity index is 915. The van der Waals surface area contributed by atoms with E-state index in [0.29, 0.717) is 0 Å². The first-order chi connectivity index (χ1) is 30.9. The summed E-state index contributed by atoms with van der Waals surface area (Å²) in [6.45, 7) is 35.9. The van der Waals surface area contributed by atoms with Crippen molar-refractivity contribution in [1.82, 2.24) is 0 Å². The summed E-state index contributed by atoms with van der Waals surface area (Å²) in [5.74, 6) is 8.03. The van der Waals surface area contributed by atoms with E-state index in [-0.39, 0.29) is 12.6 Å². The fraction of sp³-hybridized carbons (Fsp3) is 1.00. The maximum Gasteiger partial charge on any atom is 0.160 e. The molecule has 0 aromatic carbocycles. The quantitative estimate of drug-likeness (QED) is 0.0263. The van der Waals surface area contributed by atoms with Gasteiger partial charge in [0.25, 0.3) is 0 Å². The third kappa shape index (κ3) is 43.8. The molecular weight excluding hydrogens is 1020 g/mol. The number of alkyl halides is 2. The van der Waals surface area contributed by atoms with Crippen LogP contribution < -0.4 is 0 Å². The fourth-order valence-corrected chi connectivity index (χ4v) is 13.7. The minimum absolute atomic E-state index is 0.160. The molecule has 0 aromatic rings. The van der Waals surface area contributed by atoms with E-state index in [9.17, 15) is 0 Å². The first kappa shape index (κ1) is 66.3. The van der Waals surface area contributed by atoms with Gasteiger partial charge >= 0.3 is 0 Å². The molecule has 0 amide bonds. The normalized spacial score (nSPS) is 18.8. The molecule has 0 spiro atoms. The van der Waals surface area contributed by atoms with Crippen LogP contribution in [0.25, 0.3) is 0 Å². The summed E-state index contributed by atoms with van der Waals surface area (Å²) in [7, 11) is 0. The standard InChI is InChI=1S/C60H120I2O3/c1-15-17-19-21-23-25-27-35-63-59(33-29-31-47(3)37-49(5)39-51(7)41-53(9)43-55(11)45-57(13)61)65-60(64-36-28-26-24-22-20-18-16-2)34-30-32-48(4)38-50(6)40-52(8)42-54(10)44-56(12)46-58(14)62/h47-60H,15-46H2,1-14H3.